The van der Waals surface area contributed by atoms with Crippen molar-refractivity contribution in [3.63, 3.8) is 0 Å². The van der Waals surface area contributed by atoms with Crippen LogP contribution in [-0.2, 0) is 0 Å². The Balaban J connectivity index is 1.43. The highest BCUT2D eigenvalue weighted by atomic mass is 19.1. The lowest BCUT2D eigenvalue weighted by Crippen LogP contribution is -2.30. The molecule has 2 saturated carbocycles. The third kappa shape index (κ3) is 5.35. The van der Waals surface area contributed by atoms with Gasteiger partial charge in [-0.15, -0.1) is 6.58 Å². The standard InChI is InChI=1S/C28H30F2O3/c1-3-13-32-23-9-11-24(12-10-23)33-28(31)22-16-25(29)27(26(30)17-22)21-8-7-19-14-18(4-2)5-6-20(19)15-21/h3-4,9-12,16-21H,1-2,5-8,13-15H2. The predicted molar refractivity (Wildman–Crippen MR) is 125 cm³/mol. The van der Waals surface area contributed by atoms with E-state index in [2.05, 4.69) is 13.2 Å². The Morgan fingerprint density at radius 1 is 0.939 bits per heavy atom. The lowest BCUT2D eigenvalue weighted by Gasteiger charge is -2.41. The molecule has 0 spiro atoms. The van der Waals surface area contributed by atoms with Crippen molar-refractivity contribution in [1.82, 2.24) is 0 Å². The minimum absolute atomic E-state index is 0.111. The molecule has 4 unspecified atom stereocenters. The summed E-state index contributed by atoms with van der Waals surface area (Å²) in [6.45, 7) is 7.87. The Bertz CT molecular complexity index is 991. The van der Waals surface area contributed by atoms with Crippen LogP contribution in [0.2, 0.25) is 0 Å². The molecule has 0 radical (unpaired) electrons. The van der Waals surface area contributed by atoms with Gasteiger partial charge in [-0.3, -0.25) is 0 Å². The second-order valence-electron chi connectivity index (χ2n) is 9.15. The number of hydrogen-bond acceptors (Lipinski definition) is 3. The van der Waals surface area contributed by atoms with E-state index in [9.17, 15) is 4.79 Å². The highest BCUT2D eigenvalue weighted by Crippen LogP contribution is 2.48. The number of carbonyl (C=O) groups is 1. The fourth-order valence-electron chi connectivity index (χ4n) is 5.42. The van der Waals surface area contributed by atoms with E-state index < -0.39 is 17.6 Å². The molecule has 2 aromatic rings. The van der Waals surface area contributed by atoms with Gasteiger partial charge in [-0.05, 0) is 98.6 Å². The van der Waals surface area contributed by atoms with Gasteiger partial charge in [0.2, 0.25) is 0 Å². The summed E-state index contributed by atoms with van der Waals surface area (Å²) >= 11 is 0. The van der Waals surface area contributed by atoms with Crippen LogP contribution in [0.3, 0.4) is 0 Å². The number of esters is 1. The number of benzene rings is 2. The van der Waals surface area contributed by atoms with Gasteiger partial charge in [-0.25, -0.2) is 13.6 Å². The molecule has 0 bridgehead atoms. The summed E-state index contributed by atoms with van der Waals surface area (Å²) in [4.78, 5) is 12.5. The topological polar surface area (TPSA) is 35.5 Å². The van der Waals surface area contributed by atoms with Gasteiger partial charge >= 0.3 is 5.97 Å². The van der Waals surface area contributed by atoms with E-state index in [1.165, 1.54) is 0 Å². The number of carbonyl (C=O) groups excluding carboxylic acids is 1. The van der Waals surface area contributed by atoms with Crippen molar-refractivity contribution in [3.8, 4) is 11.5 Å². The van der Waals surface area contributed by atoms with Gasteiger partial charge in [0, 0.05) is 5.56 Å². The third-order valence-corrected chi connectivity index (χ3v) is 7.11. The minimum Gasteiger partial charge on any atom is -0.490 e. The van der Waals surface area contributed by atoms with Crippen LogP contribution < -0.4 is 9.47 Å². The van der Waals surface area contributed by atoms with Gasteiger partial charge in [0.1, 0.15) is 29.7 Å². The molecule has 0 N–H and O–H groups in total. The lowest BCUT2D eigenvalue weighted by atomic mass is 9.64. The lowest BCUT2D eigenvalue weighted by molar-refractivity contribution is 0.0733. The van der Waals surface area contributed by atoms with E-state index in [1.807, 2.05) is 6.08 Å². The summed E-state index contributed by atoms with van der Waals surface area (Å²) in [7, 11) is 0. The molecule has 0 saturated heterocycles. The summed E-state index contributed by atoms with van der Waals surface area (Å²) in [5.74, 6) is 0.265. The fraction of sp³-hybridized carbons (Fsp3) is 0.393. The molecule has 4 atom stereocenters. The number of halogens is 2. The Morgan fingerprint density at radius 2 is 1.58 bits per heavy atom. The zero-order valence-corrected chi connectivity index (χ0v) is 18.8. The number of ether oxygens (including phenoxy) is 2. The van der Waals surface area contributed by atoms with Crippen molar-refractivity contribution in [2.24, 2.45) is 17.8 Å². The molecule has 0 aromatic heterocycles. The molecule has 174 valence electrons. The smallest absolute Gasteiger partial charge is 0.343 e. The molecule has 0 amide bonds. The first kappa shape index (κ1) is 23.2. The highest BCUT2D eigenvalue weighted by molar-refractivity contribution is 5.91. The zero-order chi connectivity index (χ0) is 23.4. The summed E-state index contributed by atoms with van der Waals surface area (Å²) in [5, 5.41) is 0. The summed E-state index contributed by atoms with van der Waals surface area (Å²) in [6, 6.07) is 8.63. The zero-order valence-electron chi connectivity index (χ0n) is 18.8. The van der Waals surface area contributed by atoms with Gasteiger partial charge in [-0.2, -0.15) is 0 Å². The van der Waals surface area contributed by atoms with Crippen LogP contribution in [0, 0.1) is 29.4 Å². The maximum Gasteiger partial charge on any atom is 0.343 e. The normalized spacial score (nSPS) is 24.4. The Kier molecular flexibility index (Phi) is 7.26. The second kappa shape index (κ2) is 10.3. The molecule has 0 aliphatic heterocycles. The van der Waals surface area contributed by atoms with Crippen LogP contribution in [0.4, 0.5) is 8.78 Å². The van der Waals surface area contributed by atoms with E-state index in [0.717, 1.165) is 50.7 Å². The minimum atomic E-state index is -0.800. The van der Waals surface area contributed by atoms with Crippen LogP contribution in [0.15, 0.2) is 61.7 Å². The first-order valence-electron chi connectivity index (χ1n) is 11.7. The Morgan fingerprint density at radius 3 is 2.24 bits per heavy atom. The Hall–Kier alpha value is -2.95. The molecular formula is C28H30F2O3. The number of hydrogen-bond donors (Lipinski definition) is 0. The van der Waals surface area contributed by atoms with Gasteiger partial charge in [0.05, 0.1) is 5.56 Å². The summed E-state index contributed by atoms with van der Waals surface area (Å²) < 4.78 is 40.7. The maximum atomic E-state index is 15.0. The van der Waals surface area contributed by atoms with Gasteiger partial charge < -0.3 is 9.47 Å². The van der Waals surface area contributed by atoms with E-state index in [1.54, 1.807) is 30.3 Å². The Labute approximate surface area is 194 Å². The monoisotopic (exact) mass is 452 g/mol. The second-order valence-corrected chi connectivity index (χ2v) is 9.15. The average molecular weight is 453 g/mol. The van der Waals surface area contributed by atoms with Gasteiger partial charge in [0.15, 0.2) is 0 Å². The maximum absolute atomic E-state index is 15.0. The third-order valence-electron chi connectivity index (χ3n) is 7.11. The van der Waals surface area contributed by atoms with E-state index in [-0.39, 0.29) is 22.8 Å². The van der Waals surface area contributed by atoms with Crippen LogP contribution in [0.5, 0.6) is 11.5 Å². The van der Waals surface area contributed by atoms with E-state index in [0.29, 0.717) is 30.1 Å². The quantitative estimate of drug-likeness (QED) is 0.252. The largest absolute Gasteiger partial charge is 0.490 e. The molecular weight excluding hydrogens is 422 g/mol. The predicted octanol–water partition coefficient (Wildman–Crippen LogP) is 7.23. The van der Waals surface area contributed by atoms with Crippen LogP contribution >= 0.6 is 0 Å². The first-order valence-corrected chi connectivity index (χ1v) is 11.7. The molecule has 4 rings (SSSR count). The number of rotatable bonds is 7. The molecule has 0 heterocycles. The number of fused-ring (bicyclic) bond motifs is 1. The fourth-order valence-corrected chi connectivity index (χ4v) is 5.42. The van der Waals surface area contributed by atoms with Crippen LogP contribution in [0.25, 0.3) is 0 Å². The summed E-state index contributed by atoms with van der Waals surface area (Å²) in [6.07, 6.45) is 9.55. The van der Waals surface area contributed by atoms with Crippen molar-refractivity contribution >= 4 is 5.97 Å². The molecule has 2 aliphatic carbocycles. The van der Waals surface area contributed by atoms with E-state index in [4.69, 9.17) is 9.47 Å². The van der Waals surface area contributed by atoms with Crippen molar-refractivity contribution in [2.45, 2.75) is 44.4 Å². The van der Waals surface area contributed by atoms with Crippen molar-refractivity contribution in [2.75, 3.05) is 6.61 Å². The summed E-state index contributed by atoms with van der Waals surface area (Å²) in [5.41, 5.74) is -0.0273. The molecule has 2 aliphatic rings. The van der Waals surface area contributed by atoms with Gasteiger partial charge in [0.25, 0.3) is 0 Å². The molecule has 3 nitrogen and oxygen atoms in total. The average Bonchev–Trinajstić information content (AvgIpc) is 2.82. The number of allylic oxidation sites excluding steroid dienone is 1. The molecule has 2 aromatic carbocycles. The van der Waals surface area contributed by atoms with Crippen LogP contribution in [-0.4, -0.2) is 12.6 Å². The molecule has 2 fully saturated rings. The van der Waals surface area contributed by atoms with Crippen molar-refractivity contribution in [3.05, 3.63) is 84.5 Å². The van der Waals surface area contributed by atoms with E-state index >= 15 is 8.78 Å². The SMILES string of the molecule is C=CCOc1ccc(OC(=O)c2cc(F)c(C3CCC4CC(C=C)CCC4C3)c(F)c2)cc1. The van der Waals surface area contributed by atoms with Gasteiger partial charge in [-0.1, -0.05) is 18.7 Å². The highest BCUT2D eigenvalue weighted by Gasteiger charge is 2.37. The van der Waals surface area contributed by atoms with Crippen LogP contribution in [0.1, 0.15) is 60.4 Å². The van der Waals surface area contributed by atoms with Crippen molar-refractivity contribution < 1.29 is 23.0 Å². The molecule has 33 heavy (non-hydrogen) atoms. The van der Waals surface area contributed by atoms with Crippen molar-refractivity contribution in [1.29, 1.82) is 0 Å². The first-order chi connectivity index (χ1) is 16.0. The molecule has 5 heteroatoms.